The molecule has 0 radical (unpaired) electrons. The Hall–Kier alpha value is -1.37. The quantitative estimate of drug-likeness (QED) is 0.734. The Balaban J connectivity index is 1.38. The van der Waals surface area contributed by atoms with Crippen molar-refractivity contribution in [3.05, 3.63) is 18.1 Å². The molecule has 0 bridgehead atoms. The summed E-state index contributed by atoms with van der Waals surface area (Å²) in [5, 5.41) is 3.21. The molecule has 1 saturated heterocycles. The topological polar surface area (TPSA) is 47.0 Å². The predicted molar refractivity (Wildman–Crippen MR) is 101 cm³/mol. The fourth-order valence-electron chi connectivity index (χ4n) is 5.56. The minimum atomic E-state index is -4.48. The normalized spacial score (nSPS) is 32.4. The molecule has 0 amide bonds. The minimum Gasteiger partial charge on any atom is -0.376 e. The zero-order valence-corrected chi connectivity index (χ0v) is 16.3. The number of nitrogens with zero attached hydrogens (tertiary/aromatic N) is 2. The average Bonchev–Trinajstić information content (AvgIpc) is 3.23. The predicted octanol–water partition coefficient (Wildman–Crippen LogP) is 5.45. The molecule has 4 rings (SSSR count). The highest BCUT2D eigenvalue weighted by Crippen LogP contribution is 2.43. The molecule has 4 nitrogen and oxygen atoms in total. The van der Waals surface area contributed by atoms with E-state index in [2.05, 4.69) is 15.3 Å². The van der Waals surface area contributed by atoms with Crippen LogP contribution in [-0.2, 0) is 10.9 Å². The summed E-state index contributed by atoms with van der Waals surface area (Å²) in [6, 6.07) is -0.000403. The molecule has 1 aliphatic heterocycles. The summed E-state index contributed by atoms with van der Waals surface area (Å²) >= 11 is 0. The van der Waals surface area contributed by atoms with Crippen molar-refractivity contribution in [1.29, 1.82) is 0 Å². The molecular weight excluding hydrogens is 367 g/mol. The number of hydrogen-bond acceptors (Lipinski definition) is 4. The van der Waals surface area contributed by atoms with Crippen molar-refractivity contribution in [2.45, 2.75) is 82.5 Å². The summed E-state index contributed by atoms with van der Waals surface area (Å²) in [7, 11) is 0. The average molecular weight is 397 g/mol. The maximum absolute atomic E-state index is 12.9. The molecule has 2 heterocycles. The van der Waals surface area contributed by atoms with Crippen molar-refractivity contribution in [2.75, 3.05) is 11.9 Å². The molecule has 1 N–H and O–H groups in total. The molecule has 3 fully saturated rings. The Bertz CT molecular complexity index is 640. The van der Waals surface area contributed by atoms with Crippen molar-refractivity contribution in [1.82, 2.24) is 9.97 Å². The molecule has 0 spiro atoms. The van der Waals surface area contributed by atoms with Gasteiger partial charge in [-0.3, -0.25) is 4.98 Å². The Morgan fingerprint density at radius 3 is 2.25 bits per heavy atom. The van der Waals surface area contributed by atoms with Gasteiger partial charge in [-0.2, -0.15) is 13.2 Å². The van der Waals surface area contributed by atoms with Crippen molar-refractivity contribution >= 4 is 5.82 Å². The van der Waals surface area contributed by atoms with Gasteiger partial charge in [-0.25, -0.2) is 4.98 Å². The molecule has 2 atom stereocenters. The number of hydrogen-bond donors (Lipinski definition) is 1. The monoisotopic (exact) mass is 397 g/mol. The van der Waals surface area contributed by atoms with Gasteiger partial charge in [0.15, 0.2) is 5.69 Å². The van der Waals surface area contributed by atoms with Crippen LogP contribution in [0.1, 0.15) is 69.9 Å². The van der Waals surface area contributed by atoms with Crippen LogP contribution in [0.25, 0.3) is 0 Å². The van der Waals surface area contributed by atoms with Gasteiger partial charge in [0.05, 0.1) is 24.5 Å². The molecule has 156 valence electrons. The molecule has 28 heavy (non-hydrogen) atoms. The standard InChI is InChI=1S/C21H30F3N3O/c22-21(23,24)18-12-25-13-19(27-18)26-17-6-3-11-28-20(17)16-9-7-15(8-10-16)14-4-1-2-5-14/h12-17,20H,1-11H2,(H,26,27). The zero-order valence-electron chi connectivity index (χ0n) is 16.3. The lowest BCUT2D eigenvalue weighted by Crippen LogP contribution is -2.45. The van der Waals surface area contributed by atoms with Crippen LogP contribution in [0.5, 0.6) is 0 Å². The van der Waals surface area contributed by atoms with Crippen LogP contribution >= 0.6 is 0 Å². The first-order chi connectivity index (χ1) is 13.5. The van der Waals surface area contributed by atoms with Crippen LogP contribution in [0.4, 0.5) is 19.0 Å². The summed E-state index contributed by atoms with van der Waals surface area (Å²) in [6.07, 6.45) is 9.96. The van der Waals surface area contributed by atoms with Gasteiger partial charge in [0.2, 0.25) is 0 Å². The Morgan fingerprint density at radius 2 is 1.54 bits per heavy atom. The van der Waals surface area contributed by atoms with E-state index < -0.39 is 11.9 Å². The summed E-state index contributed by atoms with van der Waals surface area (Å²) in [4.78, 5) is 7.45. The third kappa shape index (κ3) is 4.61. The summed E-state index contributed by atoms with van der Waals surface area (Å²) < 4.78 is 44.9. The van der Waals surface area contributed by atoms with E-state index in [1.165, 1.54) is 44.7 Å². The lowest BCUT2D eigenvalue weighted by Gasteiger charge is -2.41. The van der Waals surface area contributed by atoms with Crippen molar-refractivity contribution in [2.24, 2.45) is 17.8 Å². The summed E-state index contributed by atoms with van der Waals surface area (Å²) in [5.74, 6) is 2.45. The number of alkyl halides is 3. The van der Waals surface area contributed by atoms with Crippen molar-refractivity contribution < 1.29 is 17.9 Å². The van der Waals surface area contributed by atoms with E-state index in [0.29, 0.717) is 5.92 Å². The highest BCUT2D eigenvalue weighted by molar-refractivity contribution is 5.34. The summed E-state index contributed by atoms with van der Waals surface area (Å²) in [5.41, 5.74) is -0.956. The van der Waals surface area contributed by atoms with E-state index in [9.17, 15) is 13.2 Å². The van der Waals surface area contributed by atoms with Crippen LogP contribution in [0.3, 0.4) is 0 Å². The van der Waals surface area contributed by atoms with Crippen molar-refractivity contribution in [3.8, 4) is 0 Å². The second kappa shape index (κ2) is 8.56. The second-order valence-corrected chi connectivity index (χ2v) is 8.74. The van der Waals surface area contributed by atoms with Gasteiger partial charge in [-0.15, -0.1) is 0 Å². The van der Waals surface area contributed by atoms with Gasteiger partial charge in [0, 0.05) is 6.61 Å². The lowest BCUT2D eigenvalue weighted by atomic mass is 9.72. The van der Waals surface area contributed by atoms with E-state index in [0.717, 1.165) is 50.3 Å². The first kappa shape index (κ1) is 19.9. The maximum Gasteiger partial charge on any atom is 0.434 e. The molecule has 2 aliphatic carbocycles. The maximum atomic E-state index is 12.9. The number of nitrogens with one attached hydrogen (secondary N) is 1. The van der Waals surface area contributed by atoms with Crippen LogP contribution in [0.15, 0.2) is 12.4 Å². The molecule has 1 aromatic rings. The molecule has 7 heteroatoms. The minimum absolute atomic E-state index is 0.000403. The third-order valence-electron chi connectivity index (χ3n) is 6.97. The molecule has 0 aromatic carbocycles. The Kier molecular flexibility index (Phi) is 6.09. The SMILES string of the molecule is FC(F)(F)c1cncc(NC2CCCOC2C2CCC(C3CCCC3)CC2)n1. The fraction of sp³-hybridized carbons (Fsp3) is 0.810. The van der Waals surface area contributed by atoms with Crippen LogP contribution in [-0.4, -0.2) is 28.7 Å². The lowest BCUT2D eigenvalue weighted by molar-refractivity contribution is -0.141. The van der Waals surface area contributed by atoms with Crippen LogP contribution < -0.4 is 5.32 Å². The summed E-state index contributed by atoms with van der Waals surface area (Å²) in [6.45, 7) is 0.736. The number of aromatic nitrogens is 2. The molecular formula is C21H30F3N3O. The number of anilines is 1. The second-order valence-electron chi connectivity index (χ2n) is 8.74. The zero-order chi connectivity index (χ0) is 19.6. The van der Waals surface area contributed by atoms with Gasteiger partial charge >= 0.3 is 6.18 Å². The first-order valence-electron chi connectivity index (χ1n) is 10.8. The van der Waals surface area contributed by atoms with E-state index in [-0.39, 0.29) is 18.0 Å². The number of halogens is 3. The largest absolute Gasteiger partial charge is 0.434 e. The van der Waals surface area contributed by atoms with Gasteiger partial charge in [0.1, 0.15) is 5.82 Å². The molecule has 2 unspecified atom stereocenters. The van der Waals surface area contributed by atoms with E-state index >= 15 is 0 Å². The third-order valence-corrected chi connectivity index (χ3v) is 6.97. The highest BCUT2D eigenvalue weighted by atomic mass is 19.4. The fourth-order valence-corrected chi connectivity index (χ4v) is 5.56. The van der Waals surface area contributed by atoms with Crippen LogP contribution in [0, 0.1) is 17.8 Å². The van der Waals surface area contributed by atoms with Gasteiger partial charge in [0.25, 0.3) is 0 Å². The Morgan fingerprint density at radius 1 is 0.857 bits per heavy atom. The smallest absolute Gasteiger partial charge is 0.376 e. The number of rotatable bonds is 4. The first-order valence-corrected chi connectivity index (χ1v) is 10.8. The van der Waals surface area contributed by atoms with Gasteiger partial charge in [-0.1, -0.05) is 25.7 Å². The van der Waals surface area contributed by atoms with Crippen LogP contribution in [0.2, 0.25) is 0 Å². The molecule has 1 aromatic heterocycles. The van der Waals surface area contributed by atoms with Crippen molar-refractivity contribution in [3.63, 3.8) is 0 Å². The Labute approximate surface area is 164 Å². The number of ether oxygens (including phenoxy) is 1. The molecule has 3 aliphatic rings. The van der Waals surface area contributed by atoms with Gasteiger partial charge in [-0.05, 0) is 56.3 Å². The van der Waals surface area contributed by atoms with E-state index in [1.807, 2.05) is 0 Å². The molecule has 2 saturated carbocycles. The highest BCUT2D eigenvalue weighted by Gasteiger charge is 2.38. The van der Waals surface area contributed by atoms with Gasteiger partial charge < -0.3 is 10.1 Å². The van der Waals surface area contributed by atoms with E-state index in [1.54, 1.807) is 0 Å². The van der Waals surface area contributed by atoms with E-state index in [4.69, 9.17) is 4.74 Å².